The molecule has 1 aliphatic carbocycles. The van der Waals surface area contributed by atoms with Gasteiger partial charge in [-0.25, -0.2) is 0 Å². The van der Waals surface area contributed by atoms with Gasteiger partial charge in [0.15, 0.2) is 0 Å². The number of amides is 1. The van der Waals surface area contributed by atoms with Crippen LogP contribution in [0.25, 0.3) is 11.8 Å². The molecule has 1 saturated carbocycles. The highest BCUT2D eigenvalue weighted by Gasteiger charge is 2.35. The van der Waals surface area contributed by atoms with E-state index in [4.69, 9.17) is 23.2 Å². The summed E-state index contributed by atoms with van der Waals surface area (Å²) in [6.07, 6.45) is 9.60. The molecular formula is C23H21Cl2NO. The fraction of sp³-hybridized carbons (Fsp3) is 0.261. The smallest absolute Gasteiger partial charge is 0.258 e. The van der Waals surface area contributed by atoms with Crippen molar-refractivity contribution in [3.8, 4) is 0 Å². The van der Waals surface area contributed by atoms with E-state index in [-0.39, 0.29) is 11.9 Å². The molecule has 1 aliphatic heterocycles. The molecule has 138 valence electrons. The normalized spacial score (nSPS) is 19.6. The van der Waals surface area contributed by atoms with Gasteiger partial charge in [0.2, 0.25) is 0 Å². The molecule has 2 aromatic carbocycles. The molecule has 0 bridgehead atoms. The van der Waals surface area contributed by atoms with E-state index in [2.05, 4.69) is 12.1 Å². The minimum Gasteiger partial charge on any atom is -0.305 e. The Morgan fingerprint density at radius 2 is 1.70 bits per heavy atom. The van der Waals surface area contributed by atoms with Gasteiger partial charge < -0.3 is 4.90 Å². The fourth-order valence-electron chi connectivity index (χ4n) is 3.95. The van der Waals surface area contributed by atoms with Gasteiger partial charge in [-0.2, -0.15) is 0 Å². The van der Waals surface area contributed by atoms with Crippen LogP contribution in [0.4, 0.5) is 0 Å². The number of carbonyl (C=O) groups is 1. The zero-order valence-corrected chi connectivity index (χ0v) is 16.5. The number of rotatable bonds is 3. The van der Waals surface area contributed by atoms with Gasteiger partial charge in [0.25, 0.3) is 5.91 Å². The molecule has 4 rings (SSSR count). The third-order valence-electron chi connectivity index (χ3n) is 5.30. The highest BCUT2D eigenvalue weighted by molar-refractivity contribution is 6.35. The lowest BCUT2D eigenvalue weighted by Gasteiger charge is -2.33. The topological polar surface area (TPSA) is 20.3 Å². The summed E-state index contributed by atoms with van der Waals surface area (Å²) < 4.78 is 0. The molecule has 2 aliphatic rings. The quantitative estimate of drug-likeness (QED) is 0.534. The summed E-state index contributed by atoms with van der Waals surface area (Å²) in [5.41, 5.74) is 3.54. The Morgan fingerprint density at radius 1 is 0.963 bits per heavy atom. The maximum absolute atomic E-state index is 13.3. The van der Waals surface area contributed by atoms with Crippen molar-refractivity contribution < 1.29 is 4.79 Å². The standard InChI is InChI=1S/C23H21Cl2NO/c24-19-12-11-17(21(25)15-19)13-18-14-22(16-7-3-1-4-8-16)26(23(18)27)20-9-5-2-6-10-20/h1,3-4,7-8,11-15,20H,2,5-6,9-10H2/b18-13+. The molecule has 0 aromatic heterocycles. The van der Waals surface area contributed by atoms with Crippen LogP contribution in [-0.4, -0.2) is 16.8 Å². The van der Waals surface area contributed by atoms with E-state index in [1.807, 2.05) is 41.3 Å². The molecule has 2 aromatic rings. The summed E-state index contributed by atoms with van der Waals surface area (Å²) in [4.78, 5) is 15.3. The van der Waals surface area contributed by atoms with Crippen molar-refractivity contribution in [1.29, 1.82) is 0 Å². The molecule has 1 heterocycles. The van der Waals surface area contributed by atoms with Crippen molar-refractivity contribution in [3.05, 3.63) is 81.4 Å². The Balaban J connectivity index is 1.75. The maximum atomic E-state index is 13.3. The van der Waals surface area contributed by atoms with Crippen LogP contribution in [0.5, 0.6) is 0 Å². The maximum Gasteiger partial charge on any atom is 0.258 e. The summed E-state index contributed by atoms with van der Waals surface area (Å²) in [5, 5.41) is 1.14. The number of halogens is 2. The molecule has 0 atom stereocenters. The zero-order valence-electron chi connectivity index (χ0n) is 15.0. The molecule has 0 saturated heterocycles. The van der Waals surface area contributed by atoms with Crippen molar-refractivity contribution >= 4 is 40.9 Å². The largest absolute Gasteiger partial charge is 0.305 e. The summed E-state index contributed by atoms with van der Waals surface area (Å²) in [5.74, 6) is 0.0618. The van der Waals surface area contributed by atoms with Crippen molar-refractivity contribution in [1.82, 2.24) is 4.90 Å². The van der Waals surface area contributed by atoms with Crippen LogP contribution in [0.15, 0.2) is 60.2 Å². The lowest BCUT2D eigenvalue weighted by atomic mass is 9.93. The number of hydrogen-bond acceptors (Lipinski definition) is 1. The molecule has 1 amide bonds. The van der Waals surface area contributed by atoms with Gasteiger partial charge in [-0.15, -0.1) is 0 Å². The Bertz CT molecular complexity index is 911. The van der Waals surface area contributed by atoms with Crippen LogP contribution in [0.2, 0.25) is 10.0 Å². The SMILES string of the molecule is O=C1/C(=C/c2ccc(Cl)cc2Cl)C=C(c2ccccc2)N1C1CCCCC1. The number of nitrogens with zero attached hydrogens (tertiary/aromatic N) is 1. The van der Waals surface area contributed by atoms with E-state index < -0.39 is 0 Å². The monoisotopic (exact) mass is 397 g/mol. The van der Waals surface area contributed by atoms with Crippen LogP contribution in [0.3, 0.4) is 0 Å². The summed E-state index contributed by atoms with van der Waals surface area (Å²) >= 11 is 12.3. The molecule has 0 N–H and O–H groups in total. The van der Waals surface area contributed by atoms with Crippen LogP contribution < -0.4 is 0 Å². The van der Waals surface area contributed by atoms with Gasteiger partial charge in [-0.3, -0.25) is 4.79 Å². The second-order valence-corrected chi connectivity index (χ2v) is 7.97. The van der Waals surface area contributed by atoms with Crippen molar-refractivity contribution in [3.63, 3.8) is 0 Å². The first-order valence-corrected chi connectivity index (χ1v) is 10.2. The Kier molecular flexibility index (Phi) is 5.38. The van der Waals surface area contributed by atoms with Gasteiger partial charge in [-0.05, 0) is 48.3 Å². The lowest BCUT2D eigenvalue weighted by Crippen LogP contribution is -2.37. The average Bonchev–Trinajstić information content (AvgIpc) is 3.02. The Morgan fingerprint density at radius 3 is 2.41 bits per heavy atom. The summed E-state index contributed by atoms with van der Waals surface area (Å²) in [6, 6.07) is 15.8. The third kappa shape index (κ3) is 3.83. The molecule has 0 unspecified atom stereocenters. The van der Waals surface area contributed by atoms with Gasteiger partial charge in [0.1, 0.15) is 0 Å². The second-order valence-electron chi connectivity index (χ2n) is 7.13. The van der Waals surface area contributed by atoms with E-state index in [0.29, 0.717) is 15.6 Å². The van der Waals surface area contributed by atoms with Crippen LogP contribution >= 0.6 is 23.2 Å². The molecule has 2 nitrogen and oxygen atoms in total. The lowest BCUT2D eigenvalue weighted by molar-refractivity contribution is -0.125. The van der Waals surface area contributed by atoms with Crippen LogP contribution in [-0.2, 0) is 4.79 Å². The molecule has 4 heteroatoms. The highest BCUT2D eigenvalue weighted by Crippen LogP contribution is 2.37. The van der Waals surface area contributed by atoms with Crippen molar-refractivity contribution in [2.75, 3.05) is 0 Å². The molecule has 0 spiro atoms. The van der Waals surface area contributed by atoms with E-state index in [1.54, 1.807) is 12.1 Å². The average molecular weight is 398 g/mol. The van der Waals surface area contributed by atoms with E-state index in [1.165, 1.54) is 19.3 Å². The zero-order chi connectivity index (χ0) is 18.8. The highest BCUT2D eigenvalue weighted by atomic mass is 35.5. The van der Waals surface area contributed by atoms with Gasteiger partial charge >= 0.3 is 0 Å². The number of carbonyl (C=O) groups excluding carboxylic acids is 1. The summed E-state index contributed by atoms with van der Waals surface area (Å²) in [7, 11) is 0. The minimum absolute atomic E-state index is 0.0618. The predicted molar refractivity (Wildman–Crippen MR) is 113 cm³/mol. The fourth-order valence-corrected chi connectivity index (χ4v) is 4.41. The van der Waals surface area contributed by atoms with E-state index in [0.717, 1.165) is 29.7 Å². The third-order valence-corrected chi connectivity index (χ3v) is 5.86. The first-order valence-electron chi connectivity index (χ1n) is 9.41. The van der Waals surface area contributed by atoms with Crippen molar-refractivity contribution in [2.45, 2.75) is 38.1 Å². The Hall–Kier alpha value is -2.03. The first-order chi connectivity index (χ1) is 13.1. The molecule has 0 radical (unpaired) electrons. The van der Waals surface area contributed by atoms with Gasteiger partial charge in [-0.1, -0.05) is 78.9 Å². The second kappa shape index (κ2) is 7.92. The Labute approximate surface area is 170 Å². The van der Waals surface area contributed by atoms with Gasteiger partial charge in [0.05, 0.1) is 5.70 Å². The van der Waals surface area contributed by atoms with E-state index in [9.17, 15) is 4.79 Å². The van der Waals surface area contributed by atoms with E-state index >= 15 is 0 Å². The minimum atomic E-state index is 0.0618. The number of benzene rings is 2. The van der Waals surface area contributed by atoms with Crippen molar-refractivity contribution in [2.24, 2.45) is 0 Å². The van der Waals surface area contributed by atoms with Gasteiger partial charge in [0, 0.05) is 21.7 Å². The van der Waals surface area contributed by atoms with Crippen LogP contribution in [0, 0.1) is 0 Å². The van der Waals surface area contributed by atoms with Crippen LogP contribution in [0.1, 0.15) is 43.2 Å². The first kappa shape index (κ1) is 18.3. The predicted octanol–water partition coefficient (Wildman–Crippen LogP) is 6.59. The molecule has 27 heavy (non-hydrogen) atoms. The molecular weight excluding hydrogens is 377 g/mol. The summed E-state index contributed by atoms with van der Waals surface area (Å²) in [6.45, 7) is 0. The molecule has 1 fully saturated rings. The number of hydrogen-bond donors (Lipinski definition) is 0.